The van der Waals surface area contributed by atoms with Crippen molar-refractivity contribution < 1.29 is 91.3 Å². The summed E-state index contributed by atoms with van der Waals surface area (Å²) in [7, 11) is 0. The number of benzene rings is 10. The van der Waals surface area contributed by atoms with Crippen LogP contribution < -0.4 is 44.4 Å². The summed E-state index contributed by atoms with van der Waals surface area (Å²) in [6.07, 6.45) is 4.26. The first-order valence-corrected chi connectivity index (χ1v) is 38.2. The van der Waals surface area contributed by atoms with Crippen LogP contribution in [0.5, 0.6) is 34.5 Å². The average molecular weight is 1720 g/mol. The number of fused-ring (bicyclic) bond motifs is 5. The molecule has 0 fully saturated rings. The predicted molar refractivity (Wildman–Crippen MR) is 473 cm³/mol. The number of hydrazone groups is 1. The van der Waals surface area contributed by atoms with Crippen LogP contribution in [0.1, 0.15) is 118 Å². The minimum atomic E-state index is -0.833. The van der Waals surface area contributed by atoms with Crippen molar-refractivity contribution in [1.82, 2.24) is 0 Å². The van der Waals surface area contributed by atoms with Crippen molar-refractivity contribution in [3.63, 3.8) is 0 Å². The van der Waals surface area contributed by atoms with E-state index >= 15 is 0 Å². The van der Waals surface area contributed by atoms with E-state index in [9.17, 15) is 58.2 Å². The highest BCUT2D eigenvalue weighted by Crippen LogP contribution is 2.37. The Morgan fingerprint density at radius 3 is 1.36 bits per heavy atom. The number of phenols is 6. The fourth-order valence-electron chi connectivity index (χ4n) is 11.4. The normalized spacial score (nSPS) is 11.5. The molecule has 1 unspecified atom stereocenters. The molecule has 1 aliphatic heterocycles. The number of esters is 1. The molecule has 16 rings (SSSR count). The number of nitrogens with zero attached hydrogens (tertiary/aromatic N) is 2. The Morgan fingerprint density at radius 2 is 0.895 bits per heavy atom. The molecule has 5 aromatic heterocycles. The van der Waals surface area contributed by atoms with Crippen LogP contribution >= 0.6 is 23.2 Å². The maximum atomic E-state index is 12.9. The van der Waals surface area contributed by atoms with Gasteiger partial charge >= 0.3 is 34.1 Å². The maximum Gasteiger partial charge on any atom is 0.346 e. The summed E-state index contributed by atoms with van der Waals surface area (Å²) < 4.78 is 30.4. The van der Waals surface area contributed by atoms with Gasteiger partial charge in [0.1, 0.15) is 68.0 Å². The molecular weight excluding hydrogens is 1640 g/mol. The lowest BCUT2D eigenvalue weighted by molar-refractivity contribution is -0.134. The number of phenolic OH excluding ortho intramolecular Hbond substituents is 6. The van der Waals surface area contributed by atoms with E-state index in [2.05, 4.69) is 5.43 Å². The van der Waals surface area contributed by atoms with Crippen molar-refractivity contribution >= 4 is 137 Å². The number of carboxylic acid groups (broad SMARTS) is 1. The van der Waals surface area contributed by atoms with Crippen LogP contribution in [0, 0.1) is 20.8 Å². The third kappa shape index (κ3) is 27.1. The van der Waals surface area contributed by atoms with E-state index in [0.29, 0.717) is 92.1 Å². The molecule has 124 heavy (non-hydrogen) atoms. The number of nitrogen functional groups attached to an aromatic ring is 1. The quantitative estimate of drug-likeness (QED) is 0.00801. The number of aldehydes is 2. The van der Waals surface area contributed by atoms with Gasteiger partial charge in [0, 0.05) is 98.5 Å². The Balaban J connectivity index is 0.000000184. The Morgan fingerprint density at radius 1 is 0.484 bits per heavy atom. The van der Waals surface area contributed by atoms with Crippen LogP contribution in [-0.2, 0) is 9.53 Å². The number of anilines is 2. The molecule has 6 heterocycles. The summed E-state index contributed by atoms with van der Waals surface area (Å²) in [5, 5.41) is 73.0. The number of hydrogen-bond donors (Lipinski definition) is 9. The molecular formula is C94H80Cl2N4O24. The molecule has 0 aliphatic carbocycles. The number of aliphatic carboxylic acids is 1. The number of aryl methyl sites for hydroxylation is 3. The van der Waals surface area contributed by atoms with Gasteiger partial charge in [-0.15, -0.1) is 23.2 Å². The molecule has 0 saturated carbocycles. The van der Waals surface area contributed by atoms with Crippen molar-refractivity contribution in [3.8, 4) is 34.5 Å². The van der Waals surface area contributed by atoms with E-state index in [1.807, 2.05) is 84.7 Å². The highest BCUT2D eigenvalue weighted by Gasteiger charge is 2.33. The molecule has 0 spiro atoms. The van der Waals surface area contributed by atoms with Gasteiger partial charge < -0.3 is 68.0 Å². The van der Waals surface area contributed by atoms with E-state index in [4.69, 9.17) is 91.3 Å². The van der Waals surface area contributed by atoms with Crippen LogP contribution in [0.2, 0.25) is 0 Å². The van der Waals surface area contributed by atoms with Crippen molar-refractivity contribution in [2.75, 3.05) is 22.4 Å². The van der Waals surface area contributed by atoms with Gasteiger partial charge in [-0.3, -0.25) is 34.8 Å². The first kappa shape index (κ1) is 93.7. The number of aromatic hydroxyl groups is 6. The second-order valence-corrected chi connectivity index (χ2v) is 27.3. The molecule has 10 aromatic carbocycles. The van der Waals surface area contributed by atoms with Gasteiger partial charge in [0.15, 0.2) is 24.1 Å². The molecule has 28 nitrogen and oxygen atoms in total. The number of nitrogens with one attached hydrogen (secondary N) is 1. The third-order valence-corrected chi connectivity index (χ3v) is 17.4. The minimum Gasteiger partial charge on any atom is -0.508 e. The standard InChI is InChI=1S/C26H20N2O4.C18H12O4.C11H10O2.C10H6O4.C10H8O3.C9H12N2O2.C7H6O3.C2H4O2.CH2Cl2/c1-16(29)17-7-10-20(11-8-17)28-24(15-23(27-28)18-5-3-2-4-6-18)22-13-19-9-12-21(30)14-25(19)32-26(22)31;19-15-8-6-13-10-14(18(21)22-17(13)11-15)7-9-16(20)12-4-2-1-3-5-12;1-7-3-4-9-6-8(2)11(12)13-10(9)5-7;11-5-7-3-6-1-2-8(12)4-9(6)14-10(7)13;1-6-4-7-2-3-8(11)5-9(7)13-10(6)12;1-2-13-9(12)7-3-5-8(11-10)6-4-7;8-4-5-1-2-6(9)3-7(5)10;1-2(3)4;2-1-3/h2-14,24,30H,15H2,1H3;1-11,19H;3-6H,1-2H3;1-5,12H;2-5,11H,1H3;3-6,11H,2,10H2,1H3;1-4,9-10H;1H3,(H,3,4);1H2/b;9-7+;;;;;;;. The summed E-state index contributed by atoms with van der Waals surface area (Å²) in [4.78, 5) is 123. The zero-order valence-electron chi connectivity index (χ0n) is 67.0. The third-order valence-electron chi connectivity index (χ3n) is 17.4. The number of hydrazine groups is 1. The smallest absolute Gasteiger partial charge is 0.346 e. The molecule has 1 atom stereocenters. The number of ether oxygens (including phenoxy) is 1. The summed E-state index contributed by atoms with van der Waals surface area (Å²) in [6.45, 7) is 10.2. The number of alkyl halides is 2. The molecule has 10 N–H and O–H groups in total. The Kier molecular flexibility index (Phi) is 34.3. The van der Waals surface area contributed by atoms with E-state index in [1.165, 1.54) is 73.7 Å². The van der Waals surface area contributed by atoms with Crippen LogP contribution in [0.3, 0.4) is 0 Å². The van der Waals surface area contributed by atoms with Gasteiger partial charge in [-0.2, -0.15) is 5.10 Å². The second-order valence-electron chi connectivity index (χ2n) is 26.5. The highest BCUT2D eigenvalue weighted by atomic mass is 35.5. The van der Waals surface area contributed by atoms with E-state index in [1.54, 1.807) is 136 Å². The van der Waals surface area contributed by atoms with Crippen LogP contribution in [0.25, 0.3) is 60.9 Å². The minimum absolute atomic E-state index is 0.0126. The van der Waals surface area contributed by atoms with Crippen molar-refractivity contribution in [3.05, 3.63) is 368 Å². The van der Waals surface area contributed by atoms with Crippen LogP contribution in [0.15, 0.2) is 306 Å². The zero-order chi connectivity index (χ0) is 90.3. The molecule has 634 valence electrons. The number of allylic oxidation sites excluding steroid dienone is 1. The summed E-state index contributed by atoms with van der Waals surface area (Å²) in [5.41, 5.74) is 10.4. The predicted octanol–water partition coefficient (Wildman–Crippen LogP) is 17.6. The zero-order valence-corrected chi connectivity index (χ0v) is 68.5. The van der Waals surface area contributed by atoms with E-state index in [0.717, 1.165) is 57.4 Å². The summed E-state index contributed by atoms with van der Waals surface area (Å²) >= 11 is 9.53. The molecule has 0 radical (unpaired) electrons. The monoisotopic (exact) mass is 1720 g/mol. The number of Topliss-reactive ketones (excluding diaryl/α,β-unsaturated/α-hetero) is 1. The first-order valence-electron chi connectivity index (χ1n) is 37.2. The van der Waals surface area contributed by atoms with Gasteiger partial charge in [0.05, 0.1) is 51.6 Å². The topological polar surface area (TPSA) is 458 Å². The second kappa shape index (κ2) is 45.4. The Bertz CT molecular complexity index is 6610. The number of carboxylic acids is 1. The number of rotatable bonds is 12. The maximum absolute atomic E-state index is 12.9. The van der Waals surface area contributed by atoms with Crippen LogP contribution in [0.4, 0.5) is 11.4 Å². The Labute approximate surface area is 714 Å². The van der Waals surface area contributed by atoms with Gasteiger partial charge in [0.25, 0.3) is 5.97 Å². The lowest BCUT2D eigenvalue weighted by Crippen LogP contribution is -2.24. The van der Waals surface area contributed by atoms with Crippen molar-refractivity contribution in [1.29, 1.82) is 0 Å². The van der Waals surface area contributed by atoms with E-state index < -0.39 is 22.8 Å². The van der Waals surface area contributed by atoms with E-state index in [-0.39, 0.29) is 96.9 Å². The SMILES string of the molecule is CC(=O)O.CC(=O)c1ccc(N2N=C(c3ccccc3)CC2c2cc3ccc(O)cc3oc2=O)cc1.CCOC(=O)c1ccc(NN)cc1.Cc1cc2ccc(O)cc2oc1=O.Cc1ccc2cc(C)c(=O)oc2c1.ClCCl.O=C(/C=C/c1cc2ccc(O)cc2oc1=O)c1ccccc1.O=Cc1cc2ccc(O)cc2oc1=O.O=Cc1ccc(O)cc1O. The van der Waals surface area contributed by atoms with Gasteiger partial charge in [-0.25, -0.2) is 28.8 Å². The number of carbonyl (C=O) groups is 6. The van der Waals surface area contributed by atoms with Gasteiger partial charge in [-0.05, 0) is 203 Å². The summed E-state index contributed by atoms with van der Waals surface area (Å²) in [5.74, 6) is 3.74. The number of nitrogens with two attached hydrogens (primary N) is 1. The number of carbonyl (C=O) groups excluding carboxylic acids is 5. The Hall–Kier alpha value is -15.8. The molecule has 15 aromatic rings. The van der Waals surface area contributed by atoms with Crippen molar-refractivity contribution in [2.45, 2.75) is 54.0 Å². The molecule has 30 heteroatoms. The number of ketones is 2. The number of hydrogen-bond acceptors (Lipinski definition) is 27. The lowest BCUT2D eigenvalue weighted by atomic mass is 9.98. The lowest BCUT2D eigenvalue weighted by Gasteiger charge is -2.23. The van der Waals surface area contributed by atoms with Crippen molar-refractivity contribution in [2.24, 2.45) is 10.9 Å². The fourth-order valence-corrected chi connectivity index (χ4v) is 11.4. The molecule has 1 aliphatic rings. The fraction of sp³-hybridized carbons (Fsp3) is 0.106. The average Bonchev–Trinajstić information content (AvgIpc) is 1.60. The highest BCUT2D eigenvalue weighted by molar-refractivity contribution is 6.40. The molecule has 0 amide bonds. The van der Waals surface area contributed by atoms with Gasteiger partial charge in [0.2, 0.25) is 0 Å². The molecule has 0 bridgehead atoms. The summed E-state index contributed by atoms with van der Waals surface area (Å²) in [6, 6.07) is 68.5. The number of halogens is 2. The first-order chi connectivity index (χ1) is 59.3. The largest absolute Gasteiger partial charge is 0.508 e. The molecule has 0 saturated heterocycles. The van der Waals surface area contributed by atoms with Gasteiger partial charge in [-0.1, -0.05) is 72.8 Å². The van der Waals surface area contributed by atoms with Crippen LogP contribution in [-0.4, -0.2) is 89.5 Å².